The van der Waals surface area contributed by atoms with E-state index >= 15 is 0 Å². The van der Waals surface area contributed by atoms with Gasteiger partial charge in [0.05, 0.1) is 17.6 Å². The molecule has 1 amide bonds. The van der Waals surface area contributed by atoms with E-state index in [2.05, 4.69) is 29.1 Å². The summed E-state index contributed by atoms with van der Waals surface area (Å²) in [5.41, 5.74) is 3.40. The zero-order chi connectivity index (χ0) is 26.2. The maximum Gasteiger partial charge on any atom is 0.586 e. The van der Waals surface area contributed by atoms with E-state index in [1.165, 1.54) is 11.0 Å². The van der Waals surface area contributed by atoms with Gasteiger partial charge in [0.2, 0.25) is 5.95 Å². The fourth-order valence-corrected chi connectivity index (χ4v) is 4.89. The molecular weight excluding hydrogens is 498 g/mol. The molecule has 10 heteroatoms. The lowest BCUT2D eigenvalue weighted by atomic mass is 10.1. The molecular formula is C27H26F2N4O3S. The van der Waals surface area contributed by atoms with Crippen LogP contribution in [-0.4, -0.2) is 41.6 Å². The number of benzene rings is 3. The molecule has 0 atom stereocenters. The van der Waals surface area contributed by atoms with Gasteiger partial charge in [-0.25, -0.2) is 4.98 Å². The number of amides is 1. The van der Waals surface area contributed by atoms with Crippen molar-refractivity contribution in [1.29, 1.82) is 0 Å². The van der Waals surface area contributed by atoms with Crippen molar-refractivity contribution in [3.05, 3.63) is 77.4 Å². The molecule has 7 nitrogen and oxygen atoms in total. The van der Waals surface area contributed by atoms with E-state index in [9.17, 15) is 13.6 Å². The number of alkyl halides is 2. The first-order valence-corrected chi connectivity index (χ1v) is 12.8. The molecule has 192 valence electrons. The third-order valence-electron chi connectivity index (χ3n) is 5.92. The summed E-state index contributed by atoms with van der Waals surface area (Å²) in [4.78, 5) is 20.6. The van der Waals surface area contributed by atoms with Gasteiger partial charge < -0.3 is 24.3 Å². The van der Waals surface area contributed by atoms with Crippen LogP contribution in [0.3, 0.4) is 0 Å². The molecule has 0 bridgehead atoms. The van der Waals surface area contributed by atoms with Gasteiger partial charge >= 0.3 is 6.29 Å². The summed E-state index contributed by atoms with van der Waals surface area (Å²) >= 11 is 1.77. The molecule has 1 aliphatic rings. The van der Waals surface area contributed by atoms with Gasteiger partial charge in [-0.2, -0.15) is 0 Å². The molecule has 1 aliphatic heterocycles. The van der Waals surface area contributed by atoms with E-state index < -0.39 is 6.29 Å². The number of thioether (sulfide) groups is 1. The molecule has 1 N–H and O–H groups in total. The van der Waals surface area contributed by atoms with Crippen LogP contribution in [0.15, 0.2) is 65.6 Å². The lowest BCUT2D eigenvalue weighted by Crippen LogP contribution is -2.26. The van der Waals surface area contributed by atoms with Crippen LogP contribution in [0.4, 0.5) is 14.7 Å². The number of aromatic nitrogens is 2. The predicted octanol–water partition coefficient (Wildman–Crippen LogP) is 5.51. The van der Waals surface area contributed by atoms with Crippen molar-refractivity contribution in [2.45, 2.75) is 31.2 Å². The topological polar surface area (TPSA) is 68.6 Å². The van der Waals surface area contributed by atoms with Gasteiger partial charge in [0.1, 0.15) is 0 Å². The Morgan fingerprint density at radius 2 is 1.89 bits per heavy atom. The largest absolute Gasteiger partial charge is 0.586 e. The van der Waals surface area contributed by atoms with E-state index in [1.54, 1.807) is 36.0 Å². The highest BCUT2D eigenvalue weighted by Gasteiger charge is 2.44. The van der Waals surface area contributed by atoms with Crippen molar-refractivity contribution in [2.75, 3.05) is 24.7 Å². The van der Waals surface area contributed by atoms with E-state index in [4.69, 9.17) is 9.72 Å². The number of carbonyl (C=O) groups excluding carboxylic acids is 1. The zero-order valence-electron chi connectivity index (χ0n) is 20.6. The van der Waals surface area contributed by atoms with Crippen molar-refractivity contribution in [1.82, 2.24) is 14.9 Å². The predicted molar refractivity (Wildman–Crippen MR) is 140 cm³/mol. The molecule has 0 saturated heterocycles. The SMILES string of the molecule is CCSc1ccc(CNC(=O)c2ccc3c(c2)nc(N(C)C)n3Cc2cccc3c2OC(F)(F)O3)cc1. The summed E-state index contributed by atoms with van der Waals surface area (Å²) in [5.74, 6) is 1.42. The number of nitrogens with zero attached hydrogens (tertiary/aromatic N) is 3. The highest BCUT2D eigenvalue weighted by Crippen LogP contribution is 2.43. The van der Waals surface area contributed by atoms with Crippen LogP contribution < -0.4 is 19.7 Å². The number of hydrogen-bond donors (Lipinski definition) is 1. The minimum atomic E-state index is -3.70. The number of imidazole rings is 1. The number of halogens is 2. The van der Waals surface area contributed by atoms with Crippen LogP contribution >= 0.6 is 11.8 Å². The van der Waals surface area contributed by atoms with Crippen molar-refractivity contribution < 1.29 is 23.0 Å². The number of rotatable bonds is 8. The van der Waals surface area contributed by atoms with Gasteiger partial charge in [-0.3, -0.25) is 4.79 Å². The Hall–Kier alpha value is -3.79. The number of hydrogen-bond acceptors (Lipinski definition) is 6. The summed E-state index contributed by atoms with van der Waals surface area (Å²) < 4.78 is 38.6. The monoisotopic (exact) mass is 524 g/mol. The van der Waals surface area contributed by atoms with E-state index in [0.717, 1.165) is 16.8 Å². The highest BCUT2D eigenvalue weighted by molar-refractivity contribution is 7.99. The van der Waals surface area contributed by atoms with Crippen LogP contribution in [0, 0.1) is 0 Å². The van der Waals surface area contributed by atoms with Crippen molar-refractivity contribution in [3.8, 4) is 11.5 Å². The maximum atomic E-state index is 13.7. The fraction of sp³-hybridized carbons (Fsp3) is 0.259. The van der Waals surface area contributed by atoms with Gasteiger partial charge in [-0.1, -0.05) is 31.2 Å². The summed E-state index contributed by atoms with van der Waals surface area (Å²) in [6, 6.07) is 18.2. The van der Waals surface area contributed by atoms with Gasteiger partial charge in [-0.05, 0) is 47.7 Å². The smallest absolute Gasteiger partial charge is 0.395 e. The highest BCUT2D eigenvalue weighted by atomic mass is 32.2. The normalized spacial score (nSPS) is 13.6. The first-order chi connectivity index (χ1) is 17.7. The van der Waals surface area contributed by atoms with Gasteiger partial charge in [0.25, 0.3) is 5.91 Å². The van der Waals surface area contributed by atoms with E-state index in [1.807, 2.05) is 41.8 Å². The standard InChI is InChI=1S/C27H26F2N4O3S/c1-4-37-20-11-8-17(9-12-20)15-30-25(34)18-10-13-22-21(14-18)31-26(32(2)3)33(22)16-19-6-5-7-23-24(19)36-27(28,29)35-23/h5-14H,4,15-16H2,1-3H3,(H,30,34). The van der Waals surface area contributed by atoms with Crippen LogP contribution in [0.2, 0.25) is 0 Å². The molecule has 0 unspecified atom stereocenters. The van der Waals surface area contributed by atoms with E-state index in [0.29, 0.717) is 29.1 Å². The molecule has 2 heterocycles. The Morgan fingerprint density at radius 3 is 2.62 bits per heavy atom. The zero-order valence-corrected chi connectivity index (χ0v) is 21.4. The molecule has 1 aromatic heterocycles. The van der Waals surface area contributed by atoms with E-state index in [-0.39, 0.29) is 24.0 Å². The van der Waals surface area contributed by atoms with Crippen LogP contribution in [0.1, 0.15) is 28.4 Å². The first kappa shape index (κ1) is 24.9. The molecule has 37 heavy (non-hydrogen) atoms. The molecule has 3 aromatic carbocycles. The lowest BCUT2D eigenvalue weighted by molar-refractivity contribution is -0.286. The third-order valence-corrected chi connectivity index (χ3v) is 6.81. The Kier molecular flexibility index (Phi) is 6.68. The average molecular weight is 525 g/mol. The minimum Gasteiger partial charge on any atom is -0.395 e. The quantitative estimate of drug-likeness (QED) is 0.307. The Balaban J connectivity index is 1.38. The molecule has 5 rings (SSSR count). The second kappa shape index (κ2) is 9.93. The molecule has 0 spiro atoms. The fourth-order valence-electron chi connectivity index (χ4n) is 4.23. The summed E-state index contributed by atoms with van der Waals surface area (Å²) in [6.45, 7) is 2.75. The molecule has 4 aromatic rings. The number of anilines is 1. The Labute approximate surface area is 217 Å². The van der Waals surface area contributed by atoms with Gasteiger partial charge in [0, 0.05) is 36.7 Å². The summed E-state index contributed by atoms with van der Waals surface area (Å²) in [5, 5.41) is 2.96. The van der Waals surface area contributed by atoms with Crippen molar-refractivity contribution in [2.24, 2.45) is 0 Å². The van der Waals surface area contributed by atoms with Crippen LogP contribution in [0.25, 0.3) is 11.0 Å². The third kappa shape index (κ3) is 5.20. The number of nitrogens with one attached hydrogen (secondary N) is 1. The second-order valence-corrected chi connectivity index (χ2v) is 10.1. The lowest BCUT2D eigenvalue weighted by Gasteiger charge is -2.16. The summed E-state index contributed by atoms with van der Waals surface area (Å²) in [7, 11) is 3.69. The number of carbonyl (C=O) groups is 1. The van der Waals surface area contributed by atoms with Gasteiger partial charge in [0.15, 0.2) is 11.5 Å². The molecule has 0 fully saturated rings. The molecule has 0 radical (unpaired) electrons. The number of para-hydroxylation sites is 1. The van der Waals surface area contributed by atoms with Crippen LogP contribution in [-0.2, 0) is 13.1 Å². The van der Waals surface area contributed by atoms with Crippen LogP contribution in [0.5, 0.6) is 11.5 Å². The minimum absolute atomic E-state index is 0.00367. The average Bonchev–Trinajstić information content (AvgIpc) is 3.39. The second-order valence-electron chi connectivity index (χ2n) is 8.77. The summed E-state index contributed by atoms with van der Waals surface area (Å²) in [6.07, 6.45) is -3.70. The molecule has 0 saturated carbocycles. The Morgan fingerprint density at radius 1 is 1.11 bits per heavy atom. The number of ether oxygens (including phenoxy) is 2. The maximum absolute atomic E-state index is 13.7. The van der Waals surface area contributed by atoms with Gasteiger partial charge in [-0.15, -0.1) is 20.5 Å². The van der Waals surface area contributed by atoms with Crippen molar-refractivity contribution >= 4 is 34.7 Å². The first-order valence-electron chi connectivity index (χ1n) is 11.8. The number of fused-ring (bicyclic) bond motifs is 2. The molecule has 0 aliphatic carbocycles. The van der Waals surface area contributed by atoms with Crippen molar-refractivity contribution in [3.63, 3.8) is 0 Å². The Bertz CT molecular complexity index is 1450.